The minimum atomic E-state index is -4.55. The van der Waals surface area contributed by atoms with Crippen molar-refractivity contribution in [1.82, 2.24) is 4.31 Å². The lowest BCUT2D eigenvalue weighted by molar-refractivity contribution is -0.135. The minimum absolute atomic E-state index is 0.360. The predicted octanol–water partition coefficient (Wildman–Crippen LogP) is 2.10. The van der Waals surface area contributed by atoms with Gasteiger partial charge < -0.3 is 5.11 Å². The Labute approximate surface area is 117 Å². The van der Waals surface area contributed by atoms with Gasteiger partial charge in [-0.2, -0.15) is 13.2 Å². The zero-order valence-electron chi connectivity index (χ0n) is 10.7. The molecular formula is C11H11F4NO4S. The van der Waals surface area contributed by atoms with Crippen molar-refractivity contribution < 1.29 is 35.9 Å². The number of carboxylic acid groups (broad SMARTS) is 1. The van der Waals surface area contributed by atoms with Crippen molar-refractivity contribution in [3.63, 3.8) is 0 Å². The largest absolute Gasteiger partial charge is 0.478 e. The molecule has 0 atom stereocenters. The van der Waals surface area contributed by atoms with Crippen LogP contribution in [-0.4, -0.2) is 43.6 Å². The zero-order chi connectivity index (χ0) is 16.4. The molecule has 1 N–H and O–H groups in total. The molecule has 0 aliphatic heterocycles. The first-order chi connectivity index (χ1) is 9.45. The molecule has 0 amide bonds. The molecule has 0 radical (unpaired) electrons. The summed E-state index contributed by atoms with van der Waals surface area (Å²) in [6, 6.07) is 2.06. The van der Waals surface area contributed by atoms with Crippen LogP contribution in [0.1, 0.15) is 16.8 Å². The average Bonchev–Trinajstić information content (AvgIpc) is 2.34. The minimum Gasteiger partial charge on any atom is -0.478 e. The standard InChI is InChI=1S/C11H11F4NO4S/c1-16(5-4-11(13,14)15)21(19,20)9-3-2-7(10(17)18)6-8(9)12/h2-3,6H,4-5H2,1H3,(H,17,18). The maximum absolute atomic E-state index is 13.6. The van der Waals surface area contributed by atoms with E-state index in [9.17, 15) is 30.8 Å². The number of alkyl halides is 3. The molecule has 1 aromatic carbocycles. The summed E-state index contributed by atoms with van der Waals surface area (Å²) >= 11 is 0. The van der Waals surface area contributed by atoms with Gasteiger partial charge in [0.15, 0.2) is 0 Å². The number of rotatable bonds is 5. The Kier molecular flexibility index (Phi) is 4.95. The normalized spacial score (nSPS) is 12.7. The third-order valence-electron chi connectivity index (χ3n) is 2.58. The molecule has 10 heteroatoms. The molecule has 0 saturated heterocycles. The Morgan fingerprint density at radius 3 is 2.33 bits per heavy atom. The predicted molar refractivity (Wildman–Crippen MR) is 63.8 cm³/mol. The summed E-state index contributed by atoms with van der Waals surface area (Å²) in [7, 11) is -3.59. The highest BCUT2D eigenvalue weighted by Gasteiger charge is 2.31. The van der Waals surface area contributed by atoms with Crippen molar-refractivity contribution in [2.24, 2.45) is 0 Å². The molecule has 1 aromatic rings. The van der Waals surface area contributed by atoms with Crippen LogP contribution in [0.15, 0.2) is 23.1 Å². The molecule has 1 rings (SSSR count). The van der Waals surface area contributed by atoms with Gasteiger partial charge in [0.05, 0.1) is 12.0 Å². The van der Waals surface area contributed by atoms with E-state index in [0.29, 0.717) is 16.4 Å². The molecule has 0 spiro atoms. The van der Waals surface area contributed by atoms with Gasteiger partial charge >= 0.3 is 12.1 Å². The number of aromatic carboxylic acids is 1. The maximum Gasteiger partial charge on any atom is 0.390 e. The highest BCUT2D eigenvalue weighted by atomic mass is 32.2. The van der Waals surface area contributed by atoms with Crippen molar-refractivity contribution in [3.05, 3.63) is 29.6 Å². The highest BCUT2D eigenvalue weighted by molar-refractivity contribution is 7.89. The zero-order valence-corrected chi connectivity index (χ0v) is 11.5. The van der Waals surface area contributed by atoms with E-state index in [2.05, 4.69) is 0 Å². The van der Waals surface area contributed by atoms with E-state index in [1.54, 1.807) is 0 Å². The topological polar surface area (TPSA) is 74.7 Å². The molecule has 21 heavy (non-hydrogen) atoms. The molecule has 0 saturated carbocycles. The van der Waals surface area contributed by atoms with Crippen LogP contribution < -0.4 is 0 Å². The number of carbonyl (C=O) groups is 1. The third-order valence-corrected chi connectivity index (χ3v) is 4.47. The SMILES string of the molecule is CN(CCC(F)(F)F)S(=O)(=O)c1ccc(C(=O)O)cc1F. The second kappa shape index (κ2) is 5.98. The van der Waals surface area contributed by atoms with Gasteiger partial charge in [0.2, 0.25) is 10.0 Å². The molecular weight excluding hydrogens is 318 g/mol. The monoisotopic (exact) mass is 329 g/mol. The van der Waals surface area contributed by atoms with Gasteiger partial charge in [-0.15, -0.1) is 0 Å². The molecule has 0 aromatic heterocycles. The van der Waals surface area contributed by atoms with Gasteiger partial charge in [0, 0.05) is 13.6 Å². The molecule has 0 heterocycles. The highest BCUT2D eigenvalue weighted by Crippen LogP contribution is 2.23. The van der Waals surface area contributed by atoms with E-state index in [1.807, 2.05) is 0 Å². The number of benzene rings is 1. The summed E-state index contributed by atoms with van der Waals surface area (Å²) in [4.78, 5) is 9.73. The summed E-state index contributed by atoms with van der Waals surface area (Å²) in [6.07, 6.45) is -5.92. The first-order valence-corrected chi connectivity index (χ1v) is 6.95. The first kappa shape index (κ1) is 17.4. The molecule has 0 bridgehead atoms. The van der Waals surface area contributed by atoms with Crippen molar-refractivity contribution in [2.45, 2.75) is 17.5 Å². The van der Waals surface area contributed by atoms with E-state index in [1.165, 1.54) is 0 Å². The Morgan fingerprint density at radius 2 is 1.90 bits per heavy atom. The van der Waals surface area contributed by atoms with Gasteiger partial charge in [-0.3, -0.25) is 0 Å². The van der Waals surface area contributed by atoms with Crippen molar-refractivity contribution in [2.75, 3.05) is 13.6 Å². The second-order valence-electron chi connectivity index (χ2n) is 4.14. The Balaban J connectivity index is 3.05. The summed E-state index contributed by atoms with van der Waals surface area (Å²) in [5.41, 5.74) is -0.468. The third kappa shape index (κ3) is 4.39. The van der Waals surface area contributed by atoms with E-state index in [4.69, 9.17) is 5.11 Å². The van der Waals surface area contributed by atoms with Crippen LogP contribution >= 0.6 is 0 Å². The number of carboxylic acids is 1. The van der Waals surface area contributed by atoms with E-state index in [0.717, 1.165) is 13.1 Å². The maximum atomic E-state index is 13.6. The first-order valence-electron chi connectivity index (χ1n) is 5.51. The van der Waals surface area contributed by atoms with Gasteiger partial charge in [-0.05, 0) is 18.2 Å². The van der Waals surface area contributed by atoms with E-state index >= 15 is 0 Å². The van der Waals surface area contributed by atoms with Gasteiger partial charge in [-0.25, -0.2) is 21.9 Å². The van der Waals surface area contributed by atoms with Gasteiger partial charge in [0.25, 0.3) is 0 Å². The summed E-state index contributed by atoms with van der Waals surface area (Å²) in [5.74, 6) is -2.79. The molecule has 0 fully saturated rings. The fraction of sp³-hybridized carbons (Fsp3) is 0.364. The van der Waals surface area contributed by atoms with Gasteiger partial charge in [0.1, 0.15) is 10.7 Å². The van der Waals surface area contributed by atoms with Crippen molar-refractivity contribution in [1.29, 1.82) is 0 Å². The molecule has 118 valence electrons. The van der Waals surface area contributed by atoms with Crippen LogP contribution in [0.25, 0.3) is 0 Å². The van der Waals surface area contributed by atoms with Gasteiger partial charge in [-0.1, -0.05) is 0 Å². The number of nitrogens with zero attached hydrogens (tertiary/aromatic N) is 1. The quantitative estimate of drug-likeness (QED) is 0.840. The number of hydrogen-bond acceptors (Lipinski definition) is 3. The van der Waals surface area contributed by atoms with E-state index < -0.39 is 51.4 Å². The fourth-order valence-corrected chi connectivity index (χ4v) is 2.63. The molecule has 5 nitrogen and oxygen atoms in total. The summed E-state index contributed by atoms with van der Waals surface area (Å²) in [6.45, 7) is -0.869. The van der Waals surface area contributed by atoms with Crippen LogP contribution in [0, 0.1) is 5.82 Å². The second-order valence-corrected chi connectivity index (χ2v) is 6.16. The fourth-order valence-electron chi connectivity index (χ4n) is 1.42. The number of hydrogen-bond donors (Lipinski definition) is 1. The van der Waals surface area contributed by atoms with Crippen LogP contribution in [0.3, 0.4) is 0 Å². The molecule has 0 unspecified atom stereocenters. The molecule has 0 aliphatic carbocycles. The Morgan fingerprint density at radius 1 is 1.33 bits per heavy atom. The number of sulfonamides is 1. The molecule has 0 aliphatic rings. The number of halogens is 4. The van der Waals surface area contributed by atoms with Crippen molar-refractivity contribution in [3.8, 4) is 0 Å². The summed E-state index contributed by atoms with van der Waals surface area (Å²) in [5, 5.41) is 8.63. The lowest BCUT2D eigenvalue weighted by Crippen LogP contribution is -2.31. The average molecular weight is 329 g/mol. The smallest absolute Gasteiger partial charge is 0.390 e. The Hall–Kier alpha value is -1.68. The lowest BCUT2D eigenvalue weighted by atomic mass is 10.2. The van der Waals surface area contributed by atoms with Crippen molar-refractivity contribution >= 4 is 16.0 Å². The van der Waals surface area contributed by atoms with Crippen LogP contribution in [-0.2, 0) is 10.0 Å². The van der Waals surface area contributed by atoms with Crippen LogP contribution in [0.2, 0.25) is 0 Å². The summed E-state index contributed by atoms with van der Waals surface area (Å²) < 4.78 is 74.1. The van der Waals surface area contributed by atoms with Crippen LogP contribution in [0.5, 0.6) is 0 Å². The lowest BCUT2D eigenvalue weighted by Gasteiger charge is -2.18. The Bertz CT molecular complexity index is 642. The van der Waals surface area contributed by atoms with Crippen LogP contribution in [0.4, 0.5) is 17.6 Å². The van der Waals surface area contributed by atoms with E-state index in [-0.39, 0.29) is 0 Å².